The van der Waals surface area contributed by atoms with Gasteiger partial charge in [0.15, 0.2) is 0 Å². The quantitative estimate of drug-likeness (QED) is 0.630. The topological polar surface area (TPSA) is 82.1 Å². The minimum atomic E-state index is -3.55. The Balaban J connectivity index is 1.18. The number of alkyl halides is 2. The molecule has 178 valence electrons. The summed E-state index contributed by atoms with van der Waals surface area (Å²) in [5.74, 6) is -3.92. The Labute approximate surface area is 186 Å². The summed E-state index contributed by atoms with van der Waals surface area (Å²) in [4.78, 5) is 25.0. The number of aliphatic hydroxyl groups is 1. The average molecular weight is 455 g/mol. The van der Waals surface area contributed by atoms with Crippen LogP contribution in [0.3, 0.4) is 0 Å². The van der Waals surface area contributed by atoms with Crippen LogP contribution in [0.25, 0.3) is 0 Å². The van der Waals surface area contributed by atoms with E-state index in [4.69, 9.17) is 14.2 Å². The highest BCUT2D eigenvalue weighted by Gasteiger charge is 2.64. The van der Waals surface area contributed by atoms with Gasteiger partial charge in [0.2, 0.25) is 0 Å². The third kappa shape index (κ3) is 3.43. The zero-order valence-corrected chi connectivity index (χ0v) is 18.5. The molecule has 4 unspecified atom stereocenters. The van der Waals surface area contributed by atoms with E-state index in [0.717, 1.165) is 38.5 Å². The highest BCUT2D eigenvalue weighted by Crippen LogP contribution is 2.62. The van der Waals surface area contributed by atoms with Crippen molar-refractivity contribution in [1.29, 1.82) is 0 Å². The molecule has 8 fully saturated rings. The number of hydrogen-bond acceptors (Lipinski definition) is 6. The van der Waals surface area contributed by atoms with Crippen molar-refractivity contribution in [3.63, 3.8) is 0 Å². The molecule has 6 nitrogen and oxygen atoms in total. The van der Waals surface area contributed by atoms with Gasteiger partial charge in [0.05, 0.1) is 5.60 Å². The first kappa shape index (κ1) is 21.1. The van der Waals surface area contributed by atoms with Gasteiger partial charge in [-0.2, -0.15) is 8.78 Å². The summed E-state index contributed by atoms with van der Waals surface area (Å²) in [6.45, 7) is 0.554. The van der Waals surface area contributed by atoms with E-state index in [1.54, 1.807) is 0 Å². The molecular formula is C24H32F2O6. The fourth-order valence-corrected chi connectivity index (χ4v) is 9.25. The first-order valence-corrected chi connectivity index (χ1v) is 12.1. The minimum Gasteiger partial charge on any atom is -0.454 e. The lowest BCUT2D eigenvalue weighted by molar-refractivity contribution is -0.244. The van der Waals surface area contributed by atoms with Gasteiger partial charge in [0.1, 0.15) is 16.8 Å². The smallest absolute Gasteiger partial charge is 0.454 e. The molecule has 0 spiro atoms. The number of ether oxygens (including phenoxy) is 3. The molecule has 8 saturated carbocycles. The van der Waals surface area contributed by atoms with Gasteiger partial charge in [0.25, 0.3) is 0 Å². The van der Waals surface area contributed by atoms with Crippen LogP contribution in [0.1, 0.15) is 84.0 Å². The molecule has 0 saturated heterocycles. The predicted octanol–water partition coefficient (Wildman–Crippen LogP) is 4.51. The van der Waals surface area contributed by atoms with Crippen molar-refractivity contribution in [3.05, 3.63) is 0 Å². The lowest BCUT2D eigenvalue weighted by Crippen LogP contribution is -2.63. The molecule has 0 radical (unpaired) electrons. The van der Waals surface area contributed by atoms with Gasteiger partial charge in [-0.15, -0.1) is 0 Å². The zero-order valence-electron chi connectivity index (χ0n) is 18.5. The SMILES string of the molecule is CC(F)(F)C(=O)OC12CC3CC(CC(OC(=O)OC45CC6CC(CC(O)(C6)C4)C5)(C3)C1)C2. The molecule has 4 atom stereocenters. The molecule has 0 aliphatic heterocycles. The first-order chi connectivity index (χ1) is 14.9. The molecule has 0 aromatic heterocycles. The second-order valence-electron chi connectivity index (χ2n) is 12.4. The van der Waals surface area contributed by atoms with Crippen LogP contribution in [0, 0.1) is 23.7 Å². The minimum absolute atomic E-state index is 0.183. The summed E-state index contributed by atoms with van der Waals surface area (Å²) in [6.07, 6.45) is 7.55. The maximum atomic E-state index is 13.6. The Morgan fingerprint density at radius 1 is 0.750 bits per heavy atom. The van der Waals surface area contributed by atoms with Gasteiger partial charge >= 0.3 is 18.0 Å². The lowest BCUT2D eigenvalue weighted by Gasteiger charge is -2.61. The average Bonchev–Trinajstić information content (AvgIpc) is 2.55. The molecule has 32 heavy (non-hydrogen) atoms. The van der Waals surface area contributed by atoms with Crippen molar-refractivity contribution >= 4 is 12.1 Å². The third-order valence-electron chi connectivity index (χ3n) is 9.20. The summed E-state index contributed by atoms with van der Waals surface area (Å²) < 4.78 is 44.5. The van der Waals surface area contributed by atoms with Crippen molar-refractivity contribution in [1.82, 2.24) is 0 Å². The van der Waals surface area contributed by atoms with E-state index < -0.39 is 40.5 Å². The van der Waals surface area contributed by atoms with Gasteiger partial charge in [-0.25, -0.2) is 9.59 Å². The van der Waals surface area contributed by atoms with Crippen LogP contribution in [0.4, 0.5) is 13.6 Å². The second kappa shape index (κ2) is 6.36. The fourth-order valence-electron chi connectivity index (χ4n) is 9.25. The molecule has 8 bridgehead atoms. The first-order valence-electron chi connectivity index (χ1n) is 12.1. The molecule has 8 rings (SSSR count). The highest BCUT2D eigenvalue weighted by molar-refractivity contribution is 5.77. The normalized spacial score (nSPS) is 50.4. The standard InChI is InChI=1S/C24H32F2O6/c1-20(25,26)18(27)30-23-8-16-3-17(9-23)11-24(10-16,13-23)32-19(28)31-22-6-14-2-15(7-22)5-21(29,4-14)12-22/h14-17,29H,2-13H2,1H3. The number of halogens is 2. The van der Waals surface area contributed by atoms with Crippen LogP contribution in [-0.4, -0.2) is 45.6 Å². The van der Waals surface area contributed by atoms with Crippen LogP contribution >= 0.6 is 0 Å². The predicted molar refractivity (Wildman–Crippen MR) is 107 cm³/mol. The molecule has 8 heteroatoms. The van der Waals surface area contributed by atoms with Gasteiger partial charge in [-0.1, -0.05) is 0 Å². The fraction of sp³-hybridized carbons (Fsp3) is 0.917. The lowest BCUT2D eigenvalue weighted by atomic mass is 9.52. The maximum Gasteiger partial charge on any atom is 0.509 e. The summed E-state index contributed by atoms with van der Waals surface area (Å²) in [5.41, 5.74) is -3.22. The number of carbonyl (C=O) groups excluding carboxylic acids is 2. The van der Waals surface area contributed by atoms with E-state index in [9.17, 15) is 23.5 Å². The Bertz CT molecular complexity index is 822. The Morgan fingerprint density at radius 2 is 1.16 bits per heavy atom. The maximum absolute atomic E-state index is 13.6. The van der Waals surface area contributed by atoms with E-state index >= 15 is 0 Å². The molecular weight excluding hydrogens is 422 g/mol. The Morgan fingerprint density at radius 3 is 1.59 bits per heavy atom. The number of hydrogen-bond donors (Lipinski definition) is 1. The summed E-state index contributed by atoms with van der Waals surface area (Å²) >= 11 is 0. The molecule has 1 N–H and O–H groups in total. The Hall–Kier alpha value is -1.44. The Kier molecular flexibility index (Phi) is 4.20. The van der Waals surface area contributed by atoms with E-state index in [1.165, 1.54) is 0 Å². The number of esters is 1. The molecule has 0 heterocycles. The zero-order chi connectivity index (χ0) is 22.6. The summed E-state index contributed by atoms with van der Waals surface area (Å²) in [6, 6.07) is 0. The van der Waals surface area contributed by atoms with Gasteiger partial charge in [-0.05, 0) is 87.9 Å². The van der Waals surface area contributed by atoms with Crippen molar-refractivity contribution in [2.45, 2.75) is 112 Å². The van der Waals surface area contributed by atoms with Crippen LogP contribution in [0.5, 0.6) is 0 Å². The molecule has 0 aromatic rings. The summed E-state index contributed by atoms with van der Waals surface area (Å²) in [5, 5.41) is 10.9. The van der Waals surface area contributed by atoms with Crippen molar-refractivity contribution < 1.29 is 37.7 Å². The molecule has 0 aromatic carbocycles. The van der Waals surface area contributed by atoms with E-state index in [1.807, 2.05) is 0 Å². The van der Waals surface area contributed by atoms with E-state index in [2.05, 4.69) is 0 Å². The van der Waals surface area contributed by atoms with Crippen LogP contribution in [0.2, 0.25) is 0 Å². The van der Waals surface area contributed by atoms with Gasteiger partial charge < -0.3 is 19.3 Å². The molecule has 8 aliphatic carbocycles. The highest BCUT2D eigenvalue weighted by atomic mass is 19.3. The van der Waals surface area contributed by atoms with Crippen LogP contribution in [0.15, 0.2) is 0 Å². The van der Waals surface area contributed by atoms with Gasteiger partial charge in [0, 0.05) is 19.8 Å². The van der Waals surface area contributed by atoms with Crippen molar-refractivity contribution in [2.75, 3.05) is 0 Å². The third-order valence-corrected chi connectivity index (χ3v) is 9.20. The van der Waals surface area contributed by atoms with Crippen LogP contribution in [-0.2, 0) is 19.0 Å². The van der Waals surface area contributed by atoms with E-state index in [0.29, 0.717) is 50.9 Å². The number of carbonyl (C=O) groups is 2. The van der Waals surface area contributed by atoms with Crippen molar-refractivity contribution in [3.8, 4) is 0 Å². The van der Waals surface area contributed by atoms with Crippen molar-refractivity contribution in [2.24, 2.45) is 23.7 Å². The number of rotatable bonds is 4. The van der Waals surface area contributed by atoms with E-state index in [-0.39, 0.29) is 18.3 Å². The molecule has 8 aliphatic rings. The second-order valence-corrected chi connectivity index (χ2v) is 12.4. The monoisotopic (exact) mass is 454 g/mol. The van der Waals surface area contributed by atoms with Crippen LogP contribution < -0.4 is 0 Å². The molecule has 0 amide bonds. The largest absolute Gasteiger partial charge is 0.509 e. The summed E-state index contributed by atoms with van der Waals surface area (Å²) in [7, 11) is 0. The van der Waals surface area contributed by atoms with Gasteiger partial charge in [-0.3, -0.25) is 0 Å².